The molecule has 4 rings (SSSR count). The van der Waals surface area contributed by atoms with Gasteiger partial charge in [0.1, 0.15) is 0 Å². The van der Waals surface area contributed by atoms with E-state index < -0.39 is 5.97 Å². The van der Waals surface area contributed by atoms with E-state index in [9.17, 15) is 9.59 Å². The summed E-state index contributed by atoms with van der Waals surface area (Å²) >= 11 is 2.56. The van der Waals surface area contributed by atoms with Crippen LogP contribution in [-0.4, -0.2) is 17.0 Å². The molecule has 0 aromatic heterocycles. The number of aliphatic carboxylic acids is 1. The highest BCUT2D eigenvalue weighted by Crippen LogP contribution is 2.62. The highest BCUT2D eigenvalue weighted by molar-refractivity contribution is 14.1. The molecule has 0 heterocycles. The van der Waals surface area contributed by atoms with Crippen LogP contribution in [0.4, 0.5) is 5.69 Å². The fourth-order valence-corrected chi connectivity index (χ4v) is 6.54. The van der Waals surface area contributed by atoms with Gasteiger partial charge in [0.2, 0.25) is 5.91 Å². The molecule has 4 atom stereocenters. The summed E-state index contributed by atoms with van der Waals surface area (Å²) in [5, 5.41) is 11.6. The van der Waals surface area contributed by atoms with Crippen LogP contribution in [0.2, 0.25) is 0 Å². The monoisotopic (exact) mass is 479 g/mol. The molecule has 0 radical (unpaired) electrons. The molecule has 0 unspecified atom stereocenters. The van der Waals surface area contributed by atoms with Crippen LogP contribution in [0, 0.1) is 17.3 Å². The van der Waals surface area contributed by atoms with Gasteiger partial charge in [-0.25, -0.2) is 0 Å². The second-order valence-corrected chi connectivity index (χ2v) is 9.68. The van der Waals surface area contributed by atoms with E-state index in [4.69, 9.17) is 5.11 Å². The van der Waals surface area contributed by atoms with Crippen molar-refractivity contribution < 1.29 is 14.7 Å². The number of carboxylic acids is 1. The van der Waals surface area contributed by atoms with Gasteiger partial charge in [-0.15, -0.1) is 0 Å². The van der Waals surface area contributed by atoms with Crippen LogP contribution >= 0.6 is 22.6 Å². The first-order valence-electron chi connectivity index (χ1n) is 9.89. The Kier molecular flexibility index (Phi) is 5.08. The average molecular weight is 479 g/mol. The first kappa shape index (κ1) is 19.0. The fourth-order valence-electron chi connectivity index (χ4n) is 5.62. The van der Waals surface area contributed by atoms with Crippen LogP contribution in [0.25, 0.3) is 0 Å². The highest BCUT2D eigenvalue weighted by Gasteiger charge is 2.51. The molecule has 1 amide bonds. The molecule has 0 saturated heterocycles. The molecule has 1 fully saturated rings. The van der Waals surface area contributed by atoms with Gasteiger partial charge in [-0.05, 0) is 99.3 Å². The molecular weight excluding hydrogens is 453 g/mol. The number of carboxylic acid groups (broad SMARTS) is 1. The average Bonchev–Trinajstić information content (AvgIpc) is 2.94. The van der Waals surface area contributed by atoms with E-state index in [1.54, 1.807) is 3.58 Å². The summed E-state index contributed by atoms with van der Waals surface area (Å²) in [6.45, 7) is 2.46. The van der Waals surface area contributed by atoms with E-state index in [2.05, 4.69) is 53.0 Å². The van der Waals surface area contributed by atoms with Gasteiger partial charge in [-0.2, -0.15) is 0 Å². The first-order chi connectivity index (χ1) is 12.9. The van der Waals surface area contributed by atoms with Crippen LogP contribution in [0.1, 0.15) is 62.5 Å². The second kappa shape index (κ2) is 7.22. The number of benzene rings is 1. The standard InChI is InChI=1S/C22H26INO3/c1-22-11-10-16-15-5-3-14(24-20(25)8-9-21(26)27)12-13(15)2-4-17(16)18(22)6-7-19(22)23/h3,5,7,12,16-18H,2,4,6,8-11H2,1H3,(H,24,25)(H,26,27)/t16-,17-,18+,22+/m1/s1. The molecule has 3 aliphatic rings. The zero-order valence-corrected chi connectivity index (χ0v) is 17.8. The third-order valence-corrected chi connectivity index (χ3v) is 8.74. The highest BCUT2D eigenvalue weighted by atomic mass is 127. The molecule has 3 aliphatic carbocycles. The summed E-state index contributed by atoms with van der Waals surface area (Å²) in [6, 6.07) is 6.30. The van der Waals surface area contributed by atoms with Crippen molar-refractivity contribution >= 4 is 40.2 Å². The minimum atomic E-state index is -0.943. The lowest BCUT2D eigenvalue weighted by Gasteiger charge is -2.49. The Morgan fingerprint density at radius 1 is 1.30 bits per heavy atom. The summed E-state index contributed by atoms with van der Waals surface area (Å²) in [5.74, 6) is 0.995. The maximum atomic E-state index is 11.9. The predicted molar refractivity (Wildman–Crippen MR) is 114 cm³/mol. The Hall–Kier alpha value is -1.37. The van der Waals surface area contributed by atoms with E-state index in [1.165, 1.54) is 36.8 Å². The van der Waals surface area contributed by atoms with Gasteiger partial charge in [0.05, 0.1) is 6.42 Å². The molecule has 0 bridgehead atoms. The number of aryl methyl sites for hydroxylation is 1. The molecule has 27 heavy (non-hydrogen) atoms. The van der Waals surface area contributed by atoms with Gasteiger partial charge in [-0.3, -0.25) is 9.59 Å². The van der Waals surface area contributed by atoms with Crippen molar-refractivity contribution in [3.63, 3.8) is 0 Å². The van der Waals surface area contributed by atoms with Crippen molar-refractivity contribution in [2.45, 2.75) is 57.8 Å². The van der Waals surface area contributed by atoms with Crippen LogP contribution in [-0.2, 0) is 16.0 Å². The van der Waals surface area contributed by atoms with Crippen molar-refractivity contribution in [2.75, 3.05) is 5.32 Å². The third kappa shape index (κ3) is 3.43. The third-order valence-electron chi connectivity index (χ3n) is 7.06. The Balaban J connectivity index is 1.50. The number of allylic oxidation sites excluding steroid dienone is 2. The second-order valence-electron chi connectivity index (χ2n) is 8.51. The number of carbonyl (C=O) groups is 2. The van der Waals surface area contributed by atoms with E-state index in [0.29, 0.717) is 11.3 Å². The lowest BCUT2D eigenvalue weighted by atomic mass is 9.56. The maximum Gasteiger partial charge on any atom is 0.303 e. The number of hydrogen-bond acceptors (Lipinski definition) is 2. The number of rotatable bonds is 4. The Labute approximate surface area is 173 Å². The van der Waals surface area contributed by atoms with E-state index in [-0.39, 0.29) is 18.7 Å². The largest absolute Gasteiger partial charge is 0.481 e. The Morgan fingerprint density at radius 2 is 2.11 bits per heavy atom. The molecule has 0 spiro atoms. The summed E-state index contributed by atoms with van der Waals surface area (Å²) in [7, 11) is 0. The molecule has 1 aromatic carbocycles. The number of amides is 1. The van der Waals surface area contributed by atoms with E-state index in [0.717, 1.165) is 23.9 Å². The smallest absolute Gasteiger partial charge is 0.303 e. The molecule has 0 aliphatic heterocycles. The topological polar surface area (TPSA) is 66.4 Å². The minimum Gasteiger partial charge on any atom is -0.481 e. The minimum absolute atomic E-state index is 0.0169. The quantitative estimate of drug-likeness (QED) is 0.578. The van der Waals surface area contributed by atoms with E-state index in [1.807, 2.05) is 6.07 Å². The van der Waals surface area contributed by atoms with Gasteiger partial charge in [0, 0.05) is 17.5 Å². The zero-order chi connectivity index (χ0) is 19.2. The molecule has 2 N–H and O–H groups in total. The molecular formula is C22H26INO3. The summed E-state index contributed by atoms with van der Waals surface area (Å²) in [4.78, 5) is 22.5. The van der Waals surface area contributed by atoms with Crippen LogP contribution < -0.4 is 5.32 Å². The van der Waals surface area contributed by atoms with Crippen LogP contribution in [0.15, 0.2) is 27.9 Å². The maximum absolute atomic E-state index is 11.9. The number of hydrogen-bond donors (Lipinski definition) is 2. The van der Waals surface area contributed by atoms with Gasteiger partial charge in [0.15, 0.2) is 0 Å². The zero-order valence-electron chi connectivity index (χ0n) is 15.6. The number of carbonyl (C=O) groups excluding carboxylic acids is 1. The Morgan fingerprint density at radius 3 is 2.89 bits per heavy atom. The van der Waals surface area contributed by atoms with Crippen LogP contribution in [0.3, 0.4) is 0 Å². The number of halogens is 1. The van der Waals surface area contributed by atoms with Crippen LogP contribution in [0.5, 0.6) is 0 Å². The molecule has 144 valence electrons. The van der Waals surface area contributed by atoms with Gasteiger partial charge >= 0.3 is 5.97 Å². The fraction of sp³-hybridized carbons (Fsp3) is 0.545. The first-order valence-corrected chi connectivity index (χ1v) is 11.0. The molecule has 4 nitrogen and oxygen atoms in total. The number of anilines is 1. The van der Waals surface area contributed by atoms with Crippen molar-refractivity contribution in [3.8, 4) is 0 Å². The number of fused-ring (bicyclic) bond motifs is 5. The van der Waals surface area contributed by atoms with Gasteiger partial charge < -0.3 is 10.4 Å². The van der Waals surface area contributed by atoms with Crippen molar-refractivity contribution in [2.24, 2.45) is 17.3 Å². The Bertz CT molecular complexity index is 818. The SMILES string of the molecule is C[C@]12CC[C@@H]3c4ccc(NC(=O)CCC(=O)O)cc4CC[C@H]3[C@@H]1CC=C2I. The van der Waals surface area contributed by atoms with Crippen molar-refractivity contribution in [3.05, 3.63) is 39.0 Å². The summed E-state index contributed by atoms with van der Waals surface area (Å²) in [5.41, 5.74) is 4.01. The van der Waals surface area contributed by atoms with Gasteiger partial charge in [0.25, 0.3) is 0 Å². The number of nitrogens with one attached hydrogen (secondary N) is 1. The summed E-state index contributed by atoms with van der Waals surface area (Å²) in [6.07, 6.45) is 8.37. The van der Waals surface area contributed by atoms with Crippen molar-refractivity contribution in [1.82, 2.24) is 0 Å². The lowest BCUT2D eigenvalue weighted by molar-refractivity contribution is -0.138. The summed E-state index contributed by atoms with van der Waals surface area (Å²) < 4.78 is 1.56. The normalized spacial score (nSPS) is 31.3. The predicted octanol–water partition coefficient (Wildman–Crippen LogP) is 5.27. The van der Waals surface area contributed by atoms with Crippen molar-refractivity contribution in [1.29, 1.82) is 0 Å². The van der Waals surface area contributed by atoms with Gasteiger partial charge in [-0.1, -0.05) is 19.1 Å². The molecule has 1 saturated carbocycles. The lowest BCUT2D eigenvalue weighted by Crippen LogP contribution is -2.40. The molecule has 5 heteroatoms. The van der Waals surface area contributed by atoms with E-state index >= 15 is 0 Å². The molecule has 1 aromatic rings.